The summed E-state index contributed by atoms with van der Waals surface area (Å²) in [6.45, 7) is 2.81. The molecule has 0 aromatic rings. The van der Waals surface area contributed by atoms with Gasteiger partial charge in [0.1, 0.15) is 43.2 Å². The maximum atomic E-state index is 13.0. The van der Waals surface area contributed by atoms with Gasteiger partial charge in [-0.15, -0.1) is 0 Å². The van der Waals surface area contributed by atoms with Gasteiger partial charge in [0.25, 0.3) is 0 Å². The molecule has 1 rings (SSSR count). The summed E-state index contributed by atoms with van der Waals surface area (Å²) < 4.78 is 49.3. The predicted molar refractivity (Wildman–Crippen MR) is 270 cm³/mol. The highest BCUT2D eigenvalue weighted by Crippen LogP contribution is 2.49. The van der Waals surface area contributed by atoms with Gasteiger partial charge >= 0.3 is 27.6 Å². The summed E-state index contributed by atoms with van der Waals surface area (Å²) in [4.78, 5) is 54.3. The Labute approximate surface area is 415 Å². The Morgan fingerprint density at radius 1 is 0.543 bits per heavy atom. The first kappa shape index (κ1) is 64.6. The molecule has 0 aromatic heterocycles. The highest BCUT2D eigenvalue weighted by atomic mass is 31.2. The van der Waals surface area contributed by atoms with Crippen LogP contribution in [0.1, 0.15) is 136 Å². The van der Waals surface area contributed by atoms with Gasteiger partial charge in [-0.3, -0.25) is 23.2 Å². The first-order valence-electron chi connectivity index (χ1n) is 24.5. The van der Waals surface area contributed by atoms with Crippen molar-refractivity contribution in [3.8, 4) is 0 Å². The van der Waals surface area contributed by atoms with Crippen LogP contribution in [0.2, 0.25) is 0 Å². The van der Waals surface area contributed by atoms with Crippen molar-refractivity contribution in [1.82, 2.24) is 0 Å². The number of hydrogen-bond acceptors (Lipinski definition) is 14. The standard InChI is InChI=1S/C51H82O17P2/c1-3-5-7-9-11-12-13-14-15-16-17-18-19-20-21-22-26-30-34-38-44(53)64-40-43(41-65-70(62,63)68-51-48(57)46(55)47(56)50(49(51)58)67-69(59,60)61)66-45(54)39-35-31-27-24-23-25-29-33-37-42(52)36-32-28-10-8-6-4-2/h6,8,11-12,14-15,17-18,20-21,24-25,27-29,32-33,37,42-43,46-52,55-58H,3-5,7,9-10,13,16,19,22-23,26,30-31,34-36,38-41H2,1-2H3,(H,62,63)(H2,59,60,61)/b8-6-,12-11-,15-14-,18-17-,21-20-,27-24-,29-25-,32-28-,37-33+/t42?,43-,46?,47?,48?,49?,50-,51+/m1/s1. The minimum absolute atomic E-state index is 0.0516. The largest absolute Gasteiger partial charge is 0.472 e. The van der Waals surface area contributed by atoms with E-state index >= 15 is 0 Å². The van der Waals surface area contributed by atoms with Crippen LogP contribution in [0.4, 0.5) is 0 Å². The van der Waals surface area contributed by atoms with Crippen molar-refractivity contribution < 1.29 is 82.0 Å². The number of esters is 2. The summed E-state index contributed by atoms with van der Waals surface area (Å²) in [5.74, 6) is -1.36. The lowest BCUT2D eigenvalue weighted by Crippen LogP contribution is -2.64. The van der Waals surface area contributed by atoms with Gasteiger partial charge < -0.3 is 49.7 Å². The van der Waals surface area contributed by atoms with Crippen molar-refractivity contribution in [3.63, 3.8) is 0 Å². The average Bonchev–Trinajstić information content (AvgIpc) is 3.31. The van der Waals surface area contributed by atoms with E-state index in [2.05, 4.69) is 79.1 Å². The summed E-state index contributed by atoms with van der Waals surface area (Å²) in [5, 5.41) is 51.3. The van der Waals surface area contributed by atoms with Gasteiger partial charge in [0.2, 0.25) is 0 Å². The number of carbonyl (C=O) groups is 2. The quantitative estimate of drug-likeness (QED) is 0.00940. The molecule has 0 aliphatic heterocycles. The Morgan fingerprint density at radius 2 is 1.06 bits per heavy atom. The molecule has 19 heteroatoms. The van der Waals surface area contributed by atoms with Crippen LogP contribution in [0, 0.1) is 0 Å². The number of hydrogen-bond donors (Lipinski definition) is 8. The van der Waals surface area contributed by atoms with E-state index in [-0.39, 0.29) is 12.8 Å². The van der Waals surface area contributed by atoms with E-state index in [9.17, 15) is 58.9 Å². The Kier molecular flexibility index (Phi) is 37.1. The van der Waals surface area contributed by atoms with Crippen LogP contribution < -0.4 is 0 Å². The van der Waals surface area contributed by atoms with Gasteiger partial charge in [-0.1, -0.05) is 142 Å². The smallest absolute Gasteiger partial charge is 0.462 e. The van der Waals surface area contributed by atoms with E-state index in [1.807, 2.05) is 36.5 Å². The Hall–Kier alpha value is -3.38. The highest BCUT2D eigenvalue weighted by molar-refractivity contribution is 7.47. The molecule has 1 aliphatic rings. The third kappa shape index (κ3) is 34.1. The van der Waals surface area contributed by atoms with E-state index in [0.717, 1.165) is 57.8 Å². The van der Waals surface area contributed by atoms with Crippen molar-refractivity contribution in [2.45, 2.75) is 185 Å². The molecule has 8 N–H and O–H groups in total. The molecule has 0 heterocycles. The monoisotopic (exact) mass is 1030 g/mol. The zero-order valence-electron chi connectivity index (χ0n) is 41.0. The van der Waals surface area contributed by atoms with E-state index in [1.165, 1.54) is 19.3 Å². The van der Waals surface area contributed by atoms with Gasteiger partial charge in [0.15, 0.2) is 6.10 Å². The third-order valence-corrected chi connectivity index (χ3v) is 11.9. The lowest BCUT2D eigenvalue weighted by Gasteiger charge is -2.43. The predicted octanol–water partition coefficient (Wildman–Crippen LogP) is 8.70. The van der Waals surface area contributed by atoms with Gasteiger partial charge in [-0.05, 0) is 89.9 Å². The van der Waals surface area contributed by atoms with Crippen LogP contribution in [-0.4, -0.2) is 114 Å². The van der Waals surface area contributed by atoms with Crippen LogP contribution in [-0.2, 0) is 41.8 Å². The topological polar surface area (TPSA) is 276 Å². The van der Waals surface area contributed by atoms with Crippen LogP contribution in [0.3, 0.4) is 0 Å². The minimum Gasteiger partial charge on any atom is -0.462 e. The molecular formula is C51H82O17P2. The number of allylic oxidation sites excluding steroid dienone is 16. The van der Waals surface area contributed by atoms with Crippen molar-refractivity contribution in [1.29, 1.82) is 0 Å². The fourth-order valence-electron chi connectivity index (χ4n) is 6.60. The summed E-state index contributed by atoms with van der Waals surface area (Å²) in [7, 11) is -10.7. The third-order valence-electron chi connectivity index (χ3n) is 10.4. The molecule has 0 amide bonds. The number of phosphoric acid groups is 2. The number of ether oxygens (including phenoxy) is 2. The number of carbonyl (C=O) groups excluding carboxylic acids is 2. The molecule has 1 fully saturated rings. The summed E-state index contributed by atoms with van der Waals surface area (Å²) in [6, 6.07) is 0. The molecule has 398 valence electrons. The molecule has 0 radical (unpaired) electrons. The normalized spacial score (nSPS) is 22.4. The van der Waals surface area contributed by atoms with Gasteiger partial charge in [0, 0.05) is 12.8 Å². The van der Waals surface area contributed by atoms with Gasteiger partial charge in [-0.25, -0.2) is 9.13 Å². The van der Waals surface area contributed by atoms with Gasteiger partial charge in [-0.2, -0.15) is 0 Å². The van der Waals surface area contributed by atoms with Crippen molar-refractivity contribution in [3.05, 3.63) is 109 Å². The number of unbranched alkanes of at least 4 members (excludes halogenated alkanes) is 7. The second kappa shape index (κ2) is 40.1. The Morgan fingerprint density at radius 3 is 1.64 bits per heavy atom. The van der Waals surface area contributed by atoms with Crippen molar-refractivity contribution in [2.24, 2.45) is 0 Å². The van der Waals surface area contributed by atoms with Gasteiger partial charge in [0.05, 0.1) is 12.7 Å². The minimum atomic E-state index is -5.39. The van der Waals surface area contributed by atoms with Crippen LogP contribution in [0.15, 0.2) is 109 Å². The molecule has 0 spiro atoms. The van der Waals surface area contributed by atoms with E-state index in [4.69, 9.17) is 18.5 Å². The van der Waals surface area contributed by atoms with Crippen molar-refractivity contribution in [2.75, 3.05) is 13.2 Å². The molecule has 1 aliphatic carbocycles. The maximum absolute atomic E-state index is 13.0. The molecule has 1 saturated carbocycles. The summed E-state index contributed by atoms with van der Waals surface area (Å²) >= 11 is 0. The molecule has 9 atom stereocenters. The first-order valence-corrected chi connectivity index (χ1v) is 27.6. The number of aliphatic hydroxyl groups excluding tert-OH is 5. The zero-order valence-corrected chi connectivity index (χ0v) is 42.8. The molecule has 70 heavy (non-hydrogen) atoms. The highest BCUT2D eigenvalue weighted by Gasteiger charge is 2.54. The average molecular weight is 1030 g/mol. The fraction of sp³-hybridized carbons (Fsp3) is 0.608. The molecule has 0 saturated heterocycles. The molecular weight excluding hydrogens is 946 g/mol. The second-order valence-corrected chi connectivity index (χ2v) is 19.2. The van der Waals surface area contributed by atoms with E-state index in [1.54, 1.807) is 12.2 Å². The second-order valence-electron chi connectivity index (χ2n) is 16.6. The summed E-state index contributed by atoms with van der Waals surface area (Å²) in [5.41, 5.74) is 0. The SMILES string of the molecule is CC/C=C\C/C=C\CC(O)/C=C/C=C\C/C=C\CCCC(=O)O[C@H](COC(=O)CCCCC/C=C\C/C=C\C/C=C\C/C=C\CCCCC)COP(=O)(O)O[C@H]1C(O)C(O)C(O)[C@@H](OP(=O)(O)O)C1O. The van der Waals surface area contributed by atoms with E-state index < -0.39 is 89.6 Å². The molecule has 6 unspecified atom stereocenters. The summed E-state index contributed by atoms with van der Waals surface area (Å²) in [6.07, 6.45) is 35.0. The Bertz CT molecular complexity index is 1780. The number of phosphoric ester groups is 2. The molecule has 17 nitrogen and oxygen atoms in total. The lowest BCUT2D eigenvalue weighted by atomic mass is 9.85. The molecule has 0 bridgehead atoms. The van der Waals surface area contributed by atoms with E-state index in [0.29, 0.717) is 32.1 Å². The van der Waals surface area contributed by atoms with Crippen LogP contribution in [0.25, 0.3) is 0 Å². The van der Waals surface area contributed by atoms with Crippen LogP contribution >= 0.6 is 15.6 Å². The zero-order chi connectivity index (χ0) is 51.9. The first-order chi connectivity index (χ1) is 33.5. The lowest BCUT2D eigenvalue weighted by molar-refractivity contribution is -0.216. The van der Waals surface area contributed by atoms with Crippen LogP contribution in [0.5, 0.6) is 0 Å². The molecule has 0 aromatic carbocycles. The number of rotatable bonds is 39. The Balaban J connectivity index is 2.67. The fourth-order valence-corrected chi connectivity index (χ4v) is 8.14. The maximum Gasteiger partial charge on any atom is 0.472 e. The van der Waals surface area contributed by atoms with Crippen molar-refractivity contribution >= 4 is 27.6 Å². The number of aliphatic hydroxyl groups is 5.